The molecule has 0 aromatic carbocycles. The lowest BCUT2D eigenvalue weighted by Gasteiger charge is -2.34. The van der Waals surface area contributed by atoms with Crippen LogP contribution >= 0.6 is 0 Å². The van der Waals surface area contributed by atoms with Gasteiger partial charge in [0.25, 0.3) is 0 Å². The molecule has 0 heterocycles. The summed E-state index contributed by atoms with van der Waals surface area (Å²) in [5.41, 5.74) is -4.33. The highest BCUT2D eigenvalue weighted by atomic mass is 19.4. The highest BCUT2D eigenvalue weighted by molar-refractivity contribution is 5.68. The van der Waals surface area contributed by atoms with Crippen molar-refractivity contribution in [1.29, 1.82) is 0 Å². The first-order valence-electron chi connectivity index (χ1n) is 5.54. The summed E-state index contributed by atoms with van der Waals surface area (Å²) >= 11 is 0. The summed E-state index contributed by atoms with van der Waals surface area (Å²) in [6, 6.07) is 0. The van der Waals surface area contributed by atoms with E-state index in [1.54, 1.807) is 0 Å². The van der Waals surface area contributed by atoms with Gasteiger partial charge < -0.3 is 4.74 Å². The van der Waals surface area contributed by atoms with Gasteiger partial charge in [-0.1, -0.05) is 19.8 Å². The summed E-state index contributed by atoms with van der Waals surface area (Å²) in [4.78, 5) is 11.0. The molecule has 3 nitrogen and oxygen atoms in total. The van der Waals surface area contributed by atoms with E-state index in [9.17, 15) is 31.1 Å². The third-order valence-electron chi connectivity index (χ3n) is 2.47. The molecule has 114 valence electrons. The van der Waals surface area contributed by atoms with Crippen molar-refractivity contribution in [3.8, 4) is 0 Å². The first-order valence-corrected chi connectivity index (χ1v) is 5.54. The Hall–Kier alpha value is -1.15. The maximum absolute atomic E-state index is 12.4. The smallest absolute Gasteiger partial charge is 0.420 e. The summed E-state index contributed by atoms with van der Waals surface area (Å²) in [6.45, 7) is 1.45. The first kappa shape index (κ1) is 17.8. The van der Waals surface area contributed by atoms with Crippen molar-refractivity contribution >= 4 is 6.09 Å². The molecule has 0 fully saturated rings. The van der Waals surface area contributed by atoms with Crippen LogP contribution in [0.1, 0.15) is 33.1 Å². The predicted molar refractivity (Wildman–Crippen MR) is 54.5 cm³/mol. The van der Waals surface area contributed by atoms with Crippen molar-refractivity contribution in [2.24, 2.45) is 0 Å². The number of alkyl carbamates (subject to hydrolysis) is 1. The average Bonchev–Trinajstić information content (AvgIpc) is 2.21. The number of unbranched alkanes of at least 4 members (excludes halogenated alkanes) is 2. The topological polar surface area (TPSA) is 38.3 Å². The van der Waals surface area contributed by atoms with E-state index in [-0.39, 0.29) is 13.5 Å². The van der Waals surface area contributed by atoms with Crippen LogP contribution in [0.5, 0.6) is 0 Å². The van der Waals surface area contributed by atoms with E-state index < -0.39 is 24.0 Å². The van der Waals surface area contributed by atoms with E-state index in [2.05, 4.69) is 4.74 Å². The van der Waals surface area contributed by atoms with Crippen molar-refractivity contribution in [2.75, 3.05) is 6.61 Å². The van der Waals surface area contributed by atoms with Crippen LogP contribution in [0.15, 0.2) is 0 Å². The summed E-state index contributed by atoms with van der Waals surface area (Å²) in [5, 5.41) is 0.839. The molecular formula is C10H15F6NO2. The molecule has 1 amide bonds. The van der Waals surface area contributed by atoms with Crippen molar-refractivity contribution in [2.45, 2.75) is 51.0 Å². The zero-order chi connectivity index (χ0) is 15.3. The maximum Gasteiger partial charge on any atom is 0.420 e. The van der Waals surface area contributed by atoms with Crippen LogP contribution in [0.3, 0.4) is 0 Å². The Balaban J connectivity index is 4.65. The Morgan fingerprint density at radius 2 is 1.53 bits per heavy atom. The molecule has 0 atom stereocenters. The van der Waals surface area contributed by atoms with Gasteiger partial charge in [0, 0.05) is 0 Å². The summed E-state index contributed by atoms with van der Waals surface area (Å²) < 4.78 is 78.8. The van der Waals surface area contributed by atoms with Crippen LogP contribution in [-0.2, 0) is 4.74 Å². The number of amides is 1. The number of ether oxygens (including phenoxy) is 1. The van der Waals surface area contributed by atoms with Crippen LogP contribution in [0.2, 0.25) is 0 Å². The molecule has 0 saturated carbocycles. The Morgan fingerprint density at radius 1 is 1.05 bits per heavy atom. The SMILES string of the molecule is CCCCCOC(=O)NC(C)(C(F)(F)F)C(F)(F)F. The lowest BCUT2D eigenvalue weighted by molar-refractivity contribution is -0.298. The van der Waals surface area contributed by atoms with E-state index in [0.717, 1.165) is 11.7 Å². The Bertz CT molecular complexity index is 285. The third-order valence-corrected chi connectivity index (χ3v) is 2.47. The molecule has 0 radical (unpaired) electrons. The monoisotopic (exact) mass is 295 g/mol. The van der Waals surface area contributed by atoms with Crippen LogP contribution in [0, 0.1) is 0 Å². The van der Waals surface area contributed by atoms with Gasteiger partial charge in [-0.2, -0.15) is 26.3 Å². The quantitative estimate of drug-likeness (QED) is 0.619. The Kier molecular flexibility index (Phi) is 5.95. The molecule has 0 saturated heterocycles. The summed E-state index contributed by atoms with van der Waals surface area (Å²) in [6.07, 6.45) is -11.3. The molecule has 0 bridgehead atoms. The van der Waals surface area contributed by atoms with Crippen LogP contribution in [0.25, 0.3) is 0 Å². The number of carbonyl (C=O) groups is 1. The van der Waals surface area contributed by atoms with E-state index in [1.165, 1.54) is 0 Å². The molecule has 0 aliphatic rings. The van der Waals surface area contributed by atoms with Crippen molar-refractivity contribution in [3.05, 3.63) is 0 Å². The van der Waals surface area contributed by atoms with E-state index >= 15 is 0 Å². The highest BCUT2D eigenvalue weighted by Gasteiger charge is 2.69. The number of carbonyl (C=O) groups excluding carboxylic acids is 1. The zero-order valence-electron chi connectivity index (χ0n) is 10.4. The molecule has 19 heavy (non-hydrogen) atoms. The minimum atomic E-state index is -5.67. The Labute approximate surface area is 106 Å². The van der Waals surface area contributed by atoms with Gasteiger partial charge in [-0.05, 0) is 13.3 Å². The minimum absolute atomic E-state index is 0.152. The number of nitrogens with one attached hydrogen (secondary N) is 1. The van der Waals surface area contributed by atoms with Crippen molar-refractivity contribution < 1.29 is 35.9 Å². The lowest BCUT2D eigenvalue weighted by atomic mass is 10.0. The van der Waals surface area contributed by atoms with Gasteiger partial charge in [0.1, 0.15) is 0 Å². The van der Waals surface area contributed by atoms with Crippen LogP contribution in [0.4, 0.5) is 31.1 Å². The number of alkyl halides is 6. The second-order valence-electron chi connectivity index (χ2n) is 4.09. The van der Waals surface area contributed by atoms with Gasteiger partial charge >= 0.3 is 18.4 Å². The highest BCUT2D eigenvalue weighted by Crippen LogP contribution is 2.42. The van der Waals surface area contributed by atoms with Gasteiger partial charge in [-0.25, -0.2) is 4.79 Å². The number of hydrogen-bond donors (Lipinski definition) is 1. The molecule has 0 aliphatic carbocycles. The van der Waals surface area contributed by atoms with E-state index in [4.69, 9.17) is 0 Å². The van der Waals surface area contributed by atoms with Gasteiger partial charge in [-0.3, -0.25) is 5.32 Å². The molecular weight excluding hydrogens is 280 g/mol. The molecule has 9 heteroatoms. The van der Waals surface area contributed by atoms with Crippen LogP contribution < -0.4 is 5.32 Å². The first-order chi connectivity index (χ1) is 8.45. The second-order valence-corrected chi connectivity index (χ2v) is 4.09. The molecule has 1 N–H and O–H groups in total. The Morgan fingerprint density at radius 3 is 1.89 bits per heavy atom. The minimum Gasteiger partial charge on any atom is -0.450 e. The molecule has 0 rings (SSSR count). The zero-order valence-corrected chi connectivity index (χ0v) is 10.4. The normalized spacial score (nSPS) is 13.3. The number of hydrogen-bond acceptors (Lipinski definition) is 2. The molecule has 0 aliphatic heterocycles. The number of halogens is 6. The van der Waals surface area contributed by atoms with E-state index in [0.29, 0.717) is 12.8 Å². The summed E-state index contributed by atoms with van der Waals surface area (Å²) in [5.74, 6) is 0. The van der Waals surface area contributed by atoms with Gasteiger partial charge in [0.05, 0.1) is 6.61 Å². The largest absolute Gasteiger partial charge is 0.450 e. The fraction of sp³-hybridized carbons (Fsp3) is 0.900. The molecule has 0 unspecified atom stereocenters. The van der Waals surface area contributed by atoms with Gasteiger partial charge in [0.2, 0.25) is 5.54 Å². The standard InChI is InChI=1S/C10H15F6NO2/c1-3-4-5-6-19-7(18)17-8(2,9(11,12)13)10(14,15)16/h3-6H2,1-2H3,(H,17,18). The second kappa shape index (κ2) is 6.33. The lowest BCUT2D eigenvalue weighted by Crippen LogP contribution is -2.65. The predicted octanol–water partition coefficient (Wildman–Crippen LogP) is 3.79. The third kappa shape index (κ3) is 4.79. The molecule has 0 aromatic rings. The molecule has 0 spiro atoms. The molecule has 0 aromatic heterocycles. The number of rotatable bonds is 5. The van der Waals surface area contributed by atoms with Crippen LogP contribution in [-0.4, -0.2) is 30.6 Å². The average molecular weight is 295 g/mol. The fourth-order valence-corrected chi connectivity index (χ4v) is 1.06. The van der Waals surface area contributed by atoms with Crippen molar-refractivity contribution in [1.82, 2.24) is 5.32 Å². The maximum atomic E-state index is 12.4. The fourth-order valence-electron chi connectivity index (χ4n) is 1.06. The van der Waals surface area contributed by atoms with Gasteiger partial charge in [-0.15, -0.1) is 0 Å². The van der Waals surface area contributed by atoms with E-state index in [1.807, 2.05) is 6.92 Å². The van der Waals surface area contributed by atoms with Crippen molar-refractivity contribution in [3.63, 3.8) is 0 Å². The summed E-state index contributed by atoms with van der Waals surface area (Å²) in [7, 11) is 0. The van der Waals surface area contributed by atoms with Gasteiger partial charge in [0.15, 0.2) is 0 Å².